The molecule has 0 spiro atoms. The Morgan fingerprint density at radius 2 is 1.90 bits per heavy atom. The molecule has 1 aliphatic rings. The molecule has 0 bridgehead atoms. The monoisotopic (exact) mass is 393 g/mol. The third-order valence-electron chi connectivity index (χ3n) is 4.03. The molecule has 3 N–H and O–H groups in total. The number of aromatic hydroxyl groups is 2. The van der Waals surface area contributed by atoms with Crippen molar-refractivity contribution in [3.63, 3.8) is 0 Å². The molecule has 0 unspecified atom stereocenters. The highest BCUT2D eigenvalue weighted by Crippen LogP contribution is 2.32. The number of hydrogen-bond acceptors (Lipinski definition) is 3. The molecule has 1 fully saturated rings. The maximum atomic E-state index is 10.9. The summed E-state index contributed by atoms with van der Waals surface area (Å²) in [5, 5.41) is 28.3. The lowest BCUT2D eigenvalue weighted by Gasteiger charge is -2.39. The van der Waals surface area contributed by atoms with Crippen molar-refractivity contribution in [2.45, 2.75) is 19.4 Å². The van der Waals surface area contributed by atoms with Gasteiger partial charge in [0.25, 0.3) is 0 Å². The number of para-hydroxylation sites is 1. The van der Waals surface area contributed by atoms with E-state index in [1.807, 2.05) is 0 Å². The zero-order valence-electron chi connectivity index (χ0n) is 11.4. The van der Waals surface area contributed by atoms with Crippen LogP contribution in [0.25, 0.3) is 0 Å². The van der Waals surface area contributed by atoms with Crippen LogP contribution in [0, 0.1) is 5.92 Å². The fourth-order valence-corrected chi connectivity index (χ4v) is 2.71. The molecule has 112 valence electrons. The predicted octanol–water partition coefficient (Wildman–Crippen LogP) is -1.46. The van der Waals surface area contributed by atoms with Crippen LogP contribution in [0.3, 0.4) is 0 Å². The third-order valence-corrected chi connectivity index (χ3v) is 4.03. The normalized spacial score (nSPS) is 25.8. The van der Waals surface area contributed by atoms with Gasteiger partial charge in [0.15, 0.2) is 11.5 Å². The number of benzene rings is 1. The van der Waals surface area contributed by atoms with Gasteiger partial charge in [-0.2, -0.15) is 0 Å². The molecule has 0 radical (unpaired) electrons. The minimum Gasteiger partial charge on any atom is -1.00 e. The van der Waals surface area contributed by atoms with Crippen LogP contribution in [0.1, 0.15) is 18.4 Å². The largest absolute Gasteiger partial charge is 1.00 e. The van der Waals surface area contributed by atoms with E-state index in [9.17, 15) is 15.0 Å². The molecular weight excluding hydrogens is 373 g/mol. The van der Waals surface area contributed by atoms with E-state index in [4.69, 9.17) is 5.11 Å². The summed E-state index contributed by atoms with van der Waals surface area (Å²) in [4.78, 5) is 10.9. The predicted molar refractivity (Wildman–Crippen MR) is 69.8 cm³/mol. The number of aliphatic carboxylic acids is 1. The van der Waals surface area contributed by atoms with E-state index in [1.54, 1.807) is 12.1 Å². The van der Waals surface area contributed by atoms with Gasteiger partial charge in [-0.3, -0.25) is 4.79 Å². The zero-order chi connectivity index (χ0) is 14.0. The minimum atomic E-state index is -0.716. The van der Waals surface area contributed by atoms with Gasteiger partial charge < -0.3 is 43.8 Å². The maximum absolute atomic E-state index is 10.9. The standard InChI is InChI=1S/C14H19NO4.HI/c1-15(7-5-10(6-8-15)14(18)19)9-11-3-2-4-12(16)13(11)17;/h2-4,10H,5-9H2,1H3,(H2-,16,17,18,19);1H. The number of quaternary nitrogens is 1. The molecule has 2 rings (SSSR count). The quantitative estimate of drug-likeness (QED) is 0.334. The Kier molecular flexibility index (Phi) is 5.64. The van der Waals surface area contributed by atoms with Gasteiger partial charge in [-0.15, -0.1) is 0 Å². The van der Waals surface area contributed by atoms with E-state index < -0.39 is 5.97 Å². The number of carboxylic acids is 1. The van der Waals surface area contributed by atoms with Crippen molar-refractivity contribution < 1.29 is 48.6 Å². The average molecular weight is 393 g/mol. The van der Waals surface area contributed by atoms with Crippen LogP contribution in [0.4, 0.5) is 0 Å². The SMILES string of the molecule is C[N+]1(Cc2cccc(O)c2O)CCC(C(=O)O)CC1.[I-]. The number of hydrogen-bond donors (Lipinski definition) is 3. The molecule has 1 saturated heterocycles. The van der Waals surface area contributed by atoms with Crippen LogP contribution in [0.5, 0.6) is 11.5 Å². The summed E-state index contributed by atoms with van der Waals surface area (Å²) < 4.78 is 0.695. The third kappa shape index (κ3) is 3.76. The Morgan fingerprint density at radius 1 is 1.30 bits per heavy atom. The van der Waals surface area contributed by atoms with Gasteiger partial charge in [0, 0.05) is 12.8 Å². The second-order valence-corrected chi connectivity index (χ2v) is 5.62. The number of nitrogens with zero attached hydrogens (tertiary/aromatic N) is 1. The topological polar surface area (TPSA) is 77.8 Å². The van der Waals surface area contributed by atoms with E-state index in [-0.39, 0.29) is 41.4 Å². The van der Waals surface area contributed by atoms with Crippen LogP contribution in [-0.4, -0.2) is 45.9 Å². The smallest absolute Gasteiger partial charge is 0.306 e. The molecule has 0 amide bonds. The first-order chi connectivity index (χ1) is 8.91. The van der Waals surface area contributed by atoms with Crippen molar-refractivity contribution in [1.82, 2.24) is 0 Å². The number of phenols is 2. The maximum Gasteiger partial charge on any atom is 0.306 e. The van der Waals surface area contributed by atoms with Gasteiger partial charge in [-0.05, 0) is 12.1 Å². The van der Waals surface area contributed by atoms with Gasteiger partial charge in [0.05, 0.1) is 31.6 Å². The molecule has 6 heteroatoms. The second kappa shape index (κ2) is 6.62. The Labute approximate surface area is 135 Å². The molecular formula is C14H20INO4. The number of rotatable bonds is 3. The summed E-state index contributed by atoms with van der Waals surface area (Å²) in [6.45, 7) is 2.14. The lowest BCUT2D eigenvalue weighted by atomic mass is 9.95. The molecule has 0 saturated carbocycles. The molecule has 1 aromatic rings. The number of likely N-dealkylation sites (tertiary alicyclic amines) is 1. The number of halogens is 1. The first-order valence-corrected chi connectivity index (χ1v) is 6.47. The lowest BCUT2D eigenvalue weighted by Crippen LogP contribution is -3.00. The highest BCUT2D eigenvalue weighted by Gasteiger charge is 2.34. The summed E-state index contributed by atoms with van der Waals surface area (Å²) in [7, 11) is 2.06. The molecule has 1 aromatic carbocycles. The van der Waals surface area contributed by atoms with E-state index in [2.05, 4.69) is 7.05 Å². The fourth-order valence-electron chi connectivity index (χ4n) is 2.71. The second-order valence-electron chi connectivity index (χ2n) is 5.62. The van der Waals surface area contributed by atoms with Gasteiger partial charge >= 0.3 is 5.97 Å². The highest BCUT2D eigenvalue weighted by molar-refractivity contribution is 5.69. The van der Waals surface area contributed by atoms with Crippen molar-refractivity contribution in [3.05, 3.63) is 23.8 Å². The van der Waals surface area contributed by atoms with Gasteiger partial charge in [0.2, 0.25) is 0 Å². The number of carboxylic acid groups (broad SMARTS) is 1. The number of carbonyl (C=O) groups is 1. The molecule has 0 atom stereocenters. The summed E-state index contributed by atoms with van der Waals surface area (Å²) in [6.07, 6.45) is 1.32. The summed E-state index contributed by atoms with van der Waals surface area (Å²) in [5.74, 6) is -1.14. The zero-order valence-corrected chi connectivity index (χ0v) is 13.6. The van der Waals surface area contributed by atoms with Crippen molar-refractivity contribution in [2.75, 3.05) is 20.1 Å². The van der Waals surface area contributed by atoms with Crippen molar-refractivity contribution in [1.29, 1.82) is 0 Å². The molecule has 0 aromatic heterocycles. The van der Waals surface area contributed by atoms with Crippen molar-refractivity contribution >= 4 is 5.97 Å². The Bertz CT molecular complexity index is 484. The van der Waals surface area contributed by atoms with Crippen LogP contribution < -0.4 is 24.0 Å². The average Bonchev–Trinajstić information content (AvgIpc) is 2.35. The van der Waals surface area contributed by atoms with Crippen LogP contribution in [-0.2, 0) is 11.3 Å². The molecule has 20 heavy (non-hydrogen) atoms. The van der Waals surface area contributed by atoms with Crippen LogP contribution in [0.2, 0.25) is 0 Å². The molecule has 1 aliphatic heterocycles. The summed E-state index contributed by atoms with van der Waals surface area (Å²) >= 11 is 0. The van der Waals surface area contributed by atoms with E-state index in [0.29, 0.717) is 29.4 Å². The fraction of sp³-hybridized carbons (Fsp3) is 0.500. The Hall–Kier alpha value is -1.02. The van der Waals surface area contributed by atoms with E-state index in [1.165, 1.54) is 6.07 Å². The lowest BCUT2D eigenvalue weighted by molar-refractivity contribution is -0.927. The Balaban J connectivity index is 0.00000200. The highest BCUT2D eigenvalue weighted by atomic mass is 127. The van der Waals surface area contributed by atoms with Gasteiger partial charge in [-0.1, -0.05) is 6.07 Å². The van der Waals surface area contributed by atoms with Crippen LogP contribution >= 0.6 is 0 Å². The Morgan fingerprint density at radius 3 is 2.45 bits per heavy atom. The number of piperidine rings is 1. The van der Waals surface area contributed by atoms with E-state index >= 15 is 0 Å². The first-order valence-electron chi connectivity index (χ1n) is 6.47. The molecule has 0 aliphatic carbocycles. The van der Waals surface area contributed by atoms with Gasteiger partial charge in [0.1, 0.15) is 6.54 Å². The van der Waals surface area contributed by atoms with Crippen LogP contribution in [0.15, 0.2) is 18.2 Å². The first kappa shape index (κ1) is 17.0. The summed E-state index contributed by atoms with van der Waals surface area (Å²) in [5.41, 5.74) is 0.705. The summed E-state index contributed by atoms with van der Waals surface area (Å²) in [6, 6.07) is 4.96. The van der Waals surface area contributed by atoms with Gasteiger partial charge in [-0.25, -0.2) is 0 Å². The minimum absolute atomic E-state index is 0. The van der Waals surface area contributed by atoms with Crippen molar-refractivity contribution in [2.24, 2.45) is 5.92 Å². The van der Waals surface area contributed by atoms with Crippen molar-refractivity contribution in [3.8, 4) is 11.5 Å². The van der Waals surface area contributed by atoms with E-state index in [0.717, 1.165) is 13.1 Å². The number of phenolic OH excluding ortho intramolecular Hbond substituents is 2. The molecule has 5 nitrogen and oxygen atoms in total. The molecule has 1 heterocycles.